The predicted octanol–water partition coefficient (Wildman–Crippen LogP) is -8.19. The highest BCUT2D eigenvalue weighted by Gasteiger charge is 2.49. The van der Waals surface area contributed by atoms with Gasteiger partial charge in [0.15, 0.2) is 18.4 Å². The molecule has 3 aliphatic heterocycles. The third-order valence-electron chi connectivity index (χ3n) is 11.0. The van der Waals surface area contributed by atoms with E-state index in [1.54, 1.807) is 13.8 Å². The highest BCUT2D eigenvalue weighted by molar-refractivity contribution is 5.88. The maximum absolute atomic E-state index is 12.2. The molecule has 3 fully saturated rings. The summed E-state index contributed by atoms with van der Waals surface area (Å²) in [6, 6.07) is 0. The normalized spacial score (nSPS) is 37.2. The predicted molar refractivity (Wildman–Crippen MR) is 219 cm³/mol. The van der Waals surface area contributed by atoms with Gasteiger partial charge in [0.2, 0.25) is 0 Å². The van der Waals surface area contributed by atoms with Gasteiger partial charge in [0.1, 0.15) is 110 Å². The number of ketones is 1. The van der Waals surface area contributed by atoms with Gasteiger partial charge in [-0.15, -0.1) is 0 Å². The van der Waals surface area contributed by atoms with Crippen LogP contribution in [0.1, 0.15) is 68.2 Å². The lowest BCUT2D eigenvalue weighted by Gasteiger charge is -2.42. The standard InChI is InChI=1S/C17H32O10.C16H32O10.C7H14O5/c1-5-8-9(20)10(21)13(24)16(26-8)27-14(7(19)6-18)11(22)12(23)15(25)17(2,3)4;1-16(2,3)4-7(19)10(21)14(8(20)5-17)26-15-13(24)12(23)11(22)9(6-18)25-15;1-3-5(9)7(11)6(10)4(2-8)12-3/h7-14,16,18-24H,5-6H2,1-4H3;7-15,17-24H,4-6H2,1-3H3;3-11H,2H2,1H3/t7-,8-,9+,10+,11-,12-,13-,14-,16?;7?,8?,9?,10?,11-,12+,13?,14?,15+;3?,4?,5?,6-,7+/m110/s1. The minimum absolute atomic E-state index is 0.154. The molecule has 0 spiro atoms. The molecule has 0 bridgehead atoms. The van der Waals surface area contributed by atoms with E-state index in [1.165, 1.54) is 20.8 Å². The van der Waals surface area contributed by atoms with Crippen LogP contribution in [0.4, 0.5) is 0 Å². The minimum atomic E-state index is -1.95. The Hall–Kier alpha value is -1.29. The van der Waals surface area contributed by atoms with Crippen LogP contribution in [-0.4, -0.2) is 270 Å². The number of carbonyl (C=O) groups is 1. The average Bonchev–Trinajstić information content (AvgIpc) is 3.25. The molecule has 0 aromatic carbocycles. The number of Topliss-reactive ketones (excluding diaryl/α,β-unsaturated/α-hetero) is 1. The van der Waals surface area contributed by atoms with Crippen molar-refractivity contribution >= 4 is 5.78 Å². The minimum Gasteiger partial charge on any atom is -0.394 e. The lowest BCUT2D eigenvalue weighted by Crippen LogP contribution is -2.61. The zero-order valence-corrected chi connectivity index (χ0v) is 38.0. The van der Waals surface area contributed by atoms with Crippen LogP contribution in [-0.2, 0) is 28.5 Å². The summed E-state index contributed by atoms with van der Waals surface area (Å²) >= 11 is 0. The van der Waals surface area contributed by atoms with Gasteiger partial charge in [-0.25, -0.2) is 0 Å². The van der Waals surface area contributed by atoms with Gasteiger partial charge in [0.05, 0.1) is 44.7 Å². The Morgan fingerprint density at radius 2 is 0.892 bits per heavy atom. The lowest BCUT2D eigenvalue weighted by molar-refractivity contribution is -0.327. The first kappa shape index (κ1) is 61.7. The molecule has 0 aromatic heterocycles. The third kappa shape index (κ3) is 17.3. The Morgan fingerprint density at radius 3 is 1.26 bits per heavy atom. The number of hydrogen-bond donors (Lipinski definition) is 19. The summed E-state index contributed by atoms with van der Waals surface area (Å²) in [5, 5.41) is 184. The molecule has 3 aliphatic rings. The van der Waals surface area contributed by atoms with Gasteiger partial charge in [-0.1, -0.05) is 48.5 Å². The first-order chi connectivity index (χ1) is 29.9. The van der Waals surface area contributed by atoms with E-state index in [1.807, 2.05) is 20.8 Å². The molecular weight excluding hydrogens is 880 g/mol. The number of carbonyl (C=O) groups excluding carboxylic acids is 1. The Bertz CT molecular complexity index is 1330. The second-order valence-electron chi connectivity index (χ2n) is 18.7. The number of aliphatic hydroxyl groups is 19. The molecule has 25 heteroatoms. The largest absolute Gasteiger partial charge is 0.394 e. The van der Waals surface area contributed by atoms with Gasteiger partial charge < -0.3 is 121 Å². The van der Waals surface area contributed by atoms with Gasteiger partial charge in [-0.05, 0) is 25.2 Å². The maximum Gasteiger partial charge on any atom is 0.187 e. The molecule has 388 valence electrons. The SMILES string of the molecule is CC(C)(C)CC(O)C(O)C(O[C@@H]1OC(CO)[C@@H](O)[C@H](O)C1O)C(O)CO.CC1OC(CO)[C@H](O)[C@H](O)C1O.CC[C@H]1OC(O[C@@H]([C@H](O)[C@@H](O)C(=O)C(C)(C)C)[C@H](O)CO)[C@H](O)[C@@H](O)[C@H]1O. The molecule has 23 atom stereocenters. The van der Waals surface area contributed by atoms with Gasteiger partial charge in [-0.3, -0.25) is 4.79 Å². The third-order valence-corrected chi connectivity index (χ3v) is 11.0. The van der Waals surface area contributed by atoms with Crippen molar-refractivity contribution in [2.24, 2.45) is 10.8 Å². The topological polar surface area (TPSA) is 448 Å². The van der Waals surface area contributed by atoms with Gasteiger partial charge in [0, 0.05) is 5.41 Å². The molecule has 0 radical (unpaired) electrons. The molecule has 3 saturated heterocycles. The van der Waals surface area contributed by atoms with Gasteiger partial charge >= 0.3 is 0 Å². The lowest BCUT2D eigenvalue weighted by atomic mass is 9.84. The fraction of sp³-hybridized carbons (Fsp3) is 0.975. The van der Waals surface area contributed by atoms with Crippen molar-refractivity contribution < 1.29 is 126 Å². The van der Waals surface area contributed by atoms with Crippen LogP contribution in [0.25, 0.3) is 0 Å². The van der Waals surface area contributed by atoms with Crippen molar-refractivity contribution in [3.05, 3.63) is 0 Å². The van der Waals surface area contributed by atoms with Crippen LogP contribution >= 0.6 is 0 Å². The molecule has 0 amide bonds. The Labute approximate surface area is 377 Å². The highest BCUT2D eigenvalue weighted by Crippen LogP contribution is 2.30. The molecule has 19 N–H and O–H groups in total. The fourth-order valence-electron chi connectivity index (χ4n) is 6.89. The first-order valence-corrected chi connectivity index (χ1v) is 21.3. The molecule has 3 rings (SSSR count). The molecular formula is C40H78O25. The van der Waals surface area contributed by atoms with Crippen molar-refractivity contribution in [1.29, 1.82) is 0 Å². The summed E-state index contributed by atoms with van der Waals surface area (Å²) < 4.78 is 26.2. The zero-order chi connectivity index (χ0) is 50.6. The van der Waals surface area contributed by atoms with E-state index in [-0.39, 0.29) is 24.9 Å². The zero-order valence-electron chi connectivity index (χ0n) is 38.0. The van der Waals surface area contributed by atoms with Crippen LogP contribution in [0.5, 0.6) is 0 Å². The van der Waals surface area contributed by atoms with Crippen molar-refractivity contribution in [2.75, 3.05) is 26.4 Å². The number of ether oxygens (including phenoxy) is 5. The Kier molecular flexibility index (Phi) is 25.8. The molecule has 0 saturated carbocycles. The molecule has 25 nitrogen and oxygen atoms in total. The van der Waals surface area contributed by atoms with Gasteiger partial charge in [-0.2, -0.15) is 0 Å². The summed E-state index contributed by atoms with van der Waals surface area (Å²) in [4.78, 5) is 12.2. The first-order valence-electron chi connectivity index (χ1n) is 21.3. The quantitative estimate of drug-likeness (QED) is 0.0644. The molecule has 10 unspecified atom stereocenters. The van der Waals surface area contributed by atoms with E-state index in [4.69, 9.17) is 28.8 Å². The van der Waals surface area contributed by atoms with Crippen LogP contribution < -0.4 is 0 Å². The molecule has 0 aromatic rings. The Balaban J connectivity index is 0.000000521. The van der Waals surface area contributed by atoms with Crippen molar-refractivity contribution in [3.63, 3.8) is 0 Å². The van der Waals surface area contributed by atoms with Crippen molar-refractivity contribution in [1.82, 2.24) is 0 Å². The second-order valence-corrected chi connectivity index (χ2v) is 18.7. The monoisotopic (exact) mass is 958 g/mol. The summed E-state index contributed by atoms with van der Waals surface area (Å²) in [6.07, 6.45) is -33.0. The summed E-state index contributed by atoms with van der Waals surface area (Å²) in [6.45, 7) is 10.6. The van der Waals surface area contributed by atoms with Crippen molar-refractivity contribution in [2.45, 2.75) is 209 Å². The van der Waals surface area contributed by atoms with Crippen LogP contribution in [0.15, 0.2) is 0 Å². The van der Waals surface area contributed by atoms with Crippen LogP contribution in [0, 0.1) is 10.8 Å². The van der Waals surface area contributed by atoms with E-state index in [0.717, 1.165) is 0 Å². The van der Waals surface area contributed by atoms with Crippen molar-refractivity contribution in [3.8, 4) is 0 Å². The van der Waals surface area contributed by atoms with E-state index in [0.29, 0.717) is 0 Å². The Morgan fingerprint density at radius 1 is 0.523 bits per heavy atom. The van der Waals surface area contributed by atoms with E-state index < -0.39 is 172 Å². The fourth-order valence-corrected chi connectivity index (χ4v) is 6.89. The number of aliphatic hydroxyl groups excluding tert-OH is 19. The smallest absolute Gasteiger partial charge is 0.187 e. The number of rotatable bonds is 17. The van der Waals surface area contributed by atoms with E-state index >= 15 is 0 Å². The maximum atomic E-state index is 12.2. The molecule has 0 aliphatic carbocycles. The second kappa shape index (κ2) is 27.2. The average molecular weight is 959 g/mol. The van der Waals surface area contributed by atoms with Gasteiger partial charge in [0.25, 0.3) is 0 Å². The summed E-state index contributed by atoms with van der Waals surface area (Å²) in [5.74, 6) is -0.722. The summed E-state index contributed by atoms with van der Waals surface area (Å²) in [7, 11) is 0. The van der Waals surface area contributed by atoms with Crippen LogP contribution in [0.2, 0.25) is 0 Å². The summed E-state index contributed by atoms with van der Waals surface area (Å²) in [5.41, 5.74) is -1.35. The molecule has 65 heavy (non-hydrogen) atoms. The van der Waals surface area contributed by atoms with E-state index in [9.17, 15) is 96.7 Å². The number of hydrogen-bond acceptors (Lipinski definition) is 25. The molecule has 3 heterocycles. The highest BCUT2D eigenvalue weighted by atomic mass is 16.7. The van der Waals surface area contributed by atoms with E-state index in [2.05, 4.69) is 0 Å². The van der Waals surface area contributed by atoms with Crippen LogP contribution in [0.3, 0.4) is 0 Å².